The zero-order valence-corrected chi connectivity index (χ0v) is 22.3. The maximum atomic E-state index is 12.8. The van der Waals surface area contributed by atoms with Gasteiger partial charge in [-0.3, -0.25) is 0 Å². The molecule has 39 heavy (non-hydrogen) atoms. The van der Waals surface area contributed by atoms with Crippen LogP contribution >= 0.6 is 11.6 Å². The Labute approximate surface area is 228 Å². The molecule has 0 fully saturated rings. The van der Waals surface area contributed by atoms with Gasteiger partial charge in [0.1, 0.15) is 22.1 Å². The van der Waals surface area contributed by atoms with Crippen LogP contribution in [0.4, 0.5) is 13.2 Å². The topological polar surface area (TPSA) is 76.1 Å². The number of carbonyl (C=O) groups is 1. The number of esters is 1. The van der Waals surface area contributed by atoms with E-state index in [4.69, 9.17) is 35.3 Å². The van der Waals surface area contributed by atoms with Crippen molar-refractivity contribution in [3.05, 3.63) is 70.9 Å². The molecule has 0 aliphatic carbocycles. The van der Waals surface area contributed by atoms with Crippen molar-refractivity contribution in [1.82, 2.24) is 4.98 Å². The third-order valence-corrected chi connectivity index (χ3v) is 5.93. The van der Waals surface area contributed by atoms with E-state index in [1.807, 2.05) is 32.0 Å². The molecule has 0 bridgehead atoms. The quantitative estimate of drug-likeness (QED) is 0.193. The van der Waals surface area contributed by atoms with E-state index in [2.05, 4.69) is 4.98 Å². The largest absolute Gasteiger partial charge is 0.490 e. The van der Waals surface area contributed by atoms with Crippen LogP contribution in [0.3, 0.4) is 0 Å². The lowest BCUT2D eigenvalue weighted by Crippen LogP contribution is -2.26. The van der Waals surface area contributed by atoms with Crippen LogP contribution in [0, 0.1) is 0 Å². The number of aromatic nitrogens is 1. The predicted molar refractivity (Wildman–Crippen MR) is 137 cm³/mol. The number of alkyl halides is 3. The molecule has 11 heteroatoms. The molecule has 1 aliphatic heterocycles. The molecule has 2 aromatic carbocycles. The summed E-state index contributed by atoms with van der Waals surface area (Å²) in [5, 5.41) is -0.281. The third kappa shape index (κ3) is 7.47. The molecular weight excluding hydrogens is 539 g/mol. The van der Waals surface area contributed by atoms with E-state index in [-0.39, 0.29) is 28.9 Å². The van der Waals surface area contributed by atoms with E-state index in [0.29, 0.717) is 30.7 Å². The molecule has 1 aliphatic rings. The third-order valence-electron chi connectivity index (χ3n) is 5.66. The van der Waals surface area contributed by atoms with Crippen molar-refractivity contribution in [3.63, 3.8) is 0 Å². The number of hydrogen-bond donors (Lipinski definition) is 0. The second kappa shape index (κ2) is 11.6. The first-order chi connectivity index (χ1) is 18.4. The number of carbonyl (C=O) groups excluding carboxylic acids is 1. The number of ether oxygens (including phenoxy) is 5. The second-order valence-electron chi connectivity index (χ2n) is 9.49. The van der Waals surface area contributed by atoms with E-state index in [1.54, 1.807) is 6.92 Å². The highest BCUT2D eigenvalue weighted by Crippen LogP contribution is 2.41. The van der Waals surface area contributed by atoms with E-state index >= 15 is 0 Å². The van der Waals surface area contributed by atoms with Crippen molar-refractivity contribution in [1.29, 1.82) is 0 Å². The van der Waals surface area contributed by atoms with Crippen LogP contribution in [0.25, 0.3) is 0 Å². The number of hydrogen-bond acceptors (Lipinski definition) is 7. The molecule has 0 N–H and O–H groups in total. The lowest BCUT2D eigenvalue weighted by atomic mass is 10.0. The summed E-state index contributed by atoms with van der Waals surface area (Å²) in [6, 6.07) is 12.6. The van der Waals surface area contributed by atoms with Crippen LogP contribution in [-0.4, -0.2) is 35.9 Å². The summed E-state index contributed by atoms with van der Waals surface area (Å²) in [4.78, 5) is 15.9. The van der Waals surface area contributed by atoms with Crippen LogP contribution in [0.15, 0.2) is 54.7 Å². The minimum atomic E-state index is -4.56. The van der Waals surface area contributed by atoms with Gasteiger partial charge in [-0.2, -0.15) is 13.2 Å². The Bertz CT molecular complexity index is 1310. The number of nitrogens with zero attached hydrogens (tertiary/aromatic N) is 1. The fourth-order valence-electron chi connectivity index (χ4n) is 3.84. The van der Waals surface area contributed by atoms with Gasteiger partial charge in [-0.05, 0) is 57.2 Å². The lowest BCUT2D eigenvalue weighted by Gasteiger charge is -2.18. The van der Waals surface area contributed by atoms with E-state index < -0.39 is 23.8 Å². The Morgan fingerprint density at radius 2 is 1.85 bits per heavy atom. The maximum Gasteiger partial charge on any atom is 0.417 e. The van der Waals surface area contributed by atoms with Crippen molar-refractivity contribution in [2.24, 2.45) is 0 Å². The molecule has 3 aromatic rings. The fraction of sp³-hybridized carbons (Fsp3) is 0.357. The summed E-state index contributed by atoms with van der Waals surface area (Å²) in [6.45, 7) is 6.11. The highest BCUT2D eigenvalue weighted by atomic mass is 35.5. The SMILES string of the molecule is C[C@@H](Oc1ccc(Oc2ncc(C(F)(F)F)cc2Cl)cc1)C(=O)OCCCOc1cccc2c1OC(C)(C)C2. The molecule has 208 valence electrons. The maximum absolute atomic E-state index is 12.8. The second-order valence-corrected chi connectivity index (χ2v) is 9.90. The van der Waals surface area contributed by atoms with Crippen molar-refractivity contribution in [2.45, 2.75) is 51.5 Å². The Kier molecular flexibility index (Phi) is 8.44. The van der Waals surface area contributed by atoms with Gasteiger partial charge < -0.3 is 23.7 Å². The van der Waals surface area contributed by atoms with Gasteiger partial charge in [0.2, 0.25) is 5.88 Å². The van der Waals surface area contributed by atoms with E-state index in [1.165, 1.54) is 24.3 Å². The van der Waals surface area contributed by atoms with Gasteiger partial charge in [-0.1, -0.05) is 23.7 Å². The first kappa shape index (κ1) is 28.4. The van der Waals surface area contributed by atoms with Gasteiger partial charge in [0.25, 0.3) is 0 Å². The average molecular weight is 566 g/mol. The molecule has 2 heterocycles. The van der Waals surface area contributed by atoms with E-state index in [0.717, 1.165) is 23.8 Å². The molecular formula is C28H27ClF3NO6. The van der Waals surface area contributed by atoms with Gasteiger partial charge in [0, 0.05) is 24.6 Å². The minimum Gasteiger partial charge on any atom is -0.490 e. The number of pyridine rings is 1. The Hall–Kier alpha value is -3.66. The summed E-state index contributed by atoms with van der Waals surface area (Å²) in [6.07, 6.45) is -3.50. The highest BCUT2D eigenvalue weighted by Gasteiger charge is 2.33. The summed E-state index contributed by atoms with van der Waals surface area (Å²) >= 11 is 5.87. The number of rotatable bonds is 10. The first-order valence-electron chi connectivity index (χ1n) is 12.2. The number of fused-ring (bicyclic) bond motifs is 1. The molecule has 7 nitrogen and oxygen atoms in total. The van der Waals surface area contributed by atoms with E-state index in [9.17, 15) is 18.0 Å². The lowest BCUT2D eigenvalue weighted by molar-refractivity contribution is -0.151. The summed E-state index contributed by atoms with van der Waals surface area (Å²) in [7, 11) is 0. The standard InChI is InChI=1S/C28H27ClF3NO6/c1-17(26(34)36-13-5-12-35-23-7-4-6-18-15-27(2,3)39-24(18)23)37-20-8-10-21(11-9-20)38-25-22(29)14-19(16-33-25)28(30,31)32/h4,6-11,14,16-17H,5,12-13,15H2,1-3H3/t17-/m1/s1. The van der Waals surface area contributed by atoms with Crippen molar-refractivity contribution in [2.75, 3.05) is 13.2 Å². The normalized spacial score (nSPS) is 14.6. The molecule has 4 rings (SSSR count). The minimum absolute atomic E-state index is 0.154. The molecule has 1 aromatic heterocycles. The molecule has 0 spiro atoms. The van der Waals surface area contributed by atoms with Gasteiger partial charge in [0.15, 0.2) is 17.6 Å². The van der Waals surface area contributed by atoms with Crippen LogP contribution in [0.5, 0.6) is 28.9 Å². The molecule has 1 atom stereocenters. The Balaban J connectivity index is 1.20. The molecule has 0 saturated carbocycles. The summed E-state index contributed by atoms with van der Waals surface area (Å²) < 4.78 is 66.5. The van der Waals surface area contributed by atoms with Gasteiger partial charge in [-0.15, -0.1) is 0 Å². The van der Waals surface area contributed by atoms with Crippen molar-refractivity contribution in [3.8, 4) is 28.9 Å². The first-order valence-corrected chi connectivity index (χ1v) is 12.6. The molecule has 0 unspecified atom stereocenters. The predicted octanol–water partition coefficient (Wildman–Crippen LogP) is 7.04. The van der Waals surface area contributed by atoms with Crippen molar-refractivity contribution < 1.29 is 41.7 Å². The Morgan fingerprint density at radius 1 is 1.13 bits per heavy atom. The summed E-state index contributed by atoms with van der Waals surface area (Å²) in [5.74, 6) is 1.35. The van der Waals surface area contributed by atoms with Gasteiger partial charge in [0.05, 0.1) is 18.8 Å². The zero-order chi connectivity index (χ0) is 28.2. The smallest absolute Gasteiger partial charge is 0.417 e. The molecule has 0 saturated heterocycles. The zero-order valence-electron chi connectivity index (χ0n) is 21.5. The highest BCUT2D eigenvalue weighted by molar-refractivity contribution is 6.31. The van der Waals surface area contributed by atoms with Gasteiger partial charge >= 0.3 is 12.1 Å². The average Bonchev–Trinajstić information content (AvgIpc) is 3.20. The molecule has 0 amide bonds. The number of para-hydroxylation sites is 1. The van der Waals surface area contributed by atoms with Gasteiger partial charge in [-0.25, -0.2) is 9.78 Å². The van der Waals surface area contributed by atoms with Crippen LogP contribution in [0.2, 0.25) is 5.02 Å². The molecule has 0 radical (unpaired) electrons. The van der Waals surface area contributed by atoms with Crippen LogP contribution < -0.4 is 18.9 Å². The summed E-state index contributed by atoms with van der Waals surface area (Å²) in [5.41, 5.74) is -0.137. The fourth-order valence-corrected chi connectivity index (χ4v) is 4.04. The number of halogens is 4. The van der Waals surface area contributed by atoms with Crippen LogP contribution in [-0.2, 0) is 22.1 Å². The van der Waals surface area contributed by atoms with Crippen LogP contribution in [0.1, 0.15) is 38.3 Å². The van der Waals surface area contributed by atoms with Crippen molar-refractivity contribution >= 4 is 17.6 Å². The number of benzene rings is 2. The Morgan fingerprint density at radius 3 is 2.54 bits per heavy atom. The monoisotopic (exact) mass is 565 g/mol.